The molecule has 0 bridgehead atoms. The zero-order valence-corrected chi connectivity index (χ0v) is 11.1. The molecule has 0 aliphatic rings. The van der Waals surface area contributed by atoms with Gasteiger partial charge in [0.05, 0.1) is 0 Å². The Hall–Kier alpha value is -2.22. The van der Waals surface area contributed by atoms with Gasteiger partial charge >= 0.3 is 10.0 Å². The third-order valence-electron chi connectivity index (χ3n) is 2.19. The molecule has 2 rings (SSSR count). The molecule has 0 atom stereocenters. The molecule has 0 spiro atoms. The maximum Gasteiger partial charge on any atom is 0.317 e. The van der Waals surface area contributed by atoms with Crippen molar-refractivity contribution in [1.82, 2.24) is 9.88 Å². The fourth-order valence-corrected chi connectivity index (χ4v) is 2.21. The molecule has 7 nitrogen and oxygen atoms in total. The second kappa shape index (κ2) is 4.81. The number of carbonyl (C=O) groups excluding carboxylic acids is 1. The minimum atomic E-state index is -3.89. The molecular formula is C11H11N3O4S. The van der Waals surface area contributed by atoms with E-state index in [1.54, 1.807) is 14.1 Å². The third-order valence-corrected chi connectivity index (χ3v) is 3.27. The molecule has 2 heterocycles. The van der Waals surface area contributed by atoms with E-state index in [1.807, 2.05) is 0 Å². The van der Waals surface area contributed by atoms with Gasteiger partial charge in [-0.25, -0.2) is 0 Å². The lowest BCUT2D eigenvalue weighted by Gasteiger charge is -2.01. The van der Waals surface area contributed by atoms with Crippen LogP contribution in [-0.2, 0) is 10.0 Å². The van der Waals surface area contributed by atoms with E-state index in [-0.39, 0.29) is 16.4 Å². The second-order valence-corrected chi connectivity index (χ2v) is 5.55. The predicted octanol–water partition coefficient (Wildman–Crippen LogP) is 0.919. The number of nitrogens with zero attached hydrogens (tertiary/aromatic N) is 3. The summed E-state index contributed by atoms with van der Waals surface area (Å²) in [6, 6.07) is 2.69. The van der Waals surface area contributed by atoms with Crippen LogP contribution in [-0.4, -0.2) is 45.0 Å². The summed E-state index contributed by atoms with van der Waals surface area (Å²) in [6.45, 7) is 0. The third kappa shape index (κ3) is 2.79. The Kier molecular flexibility index (Phi) is 3.34. The summed E-state index contributed by atoms with van der Waals surface area (Å²) in [6.07, 6.45) is 3.09. The van der Waals surface area contributed by atoms with Gasteiger partial charge in [0.25, 0.3) is 0 Å². The molecule has 0 saturated carbocycles. The van der Waals surface area contributed by atoms with Crippen molar-refractivity contribution < 1.29 is 17.6 Å². The van der Waals surface area contributed by atoms with Gasteiger partial charge in [0, 0.05) is 37.8 Å². The molecule has 0 aliphatic carbocycles. The van der Waals surface area contributed by atoms with Gasteiger partial charge in [-0.15, -0.1) is 4.40 Å². The monoisotopic (exact) mass is 281 g/mol. The highest BCUT2D eigenvalue weighted by Gasteiger charge is 2.18. The van der Waals surface area contributed by atoms with Crippen molar-refractivity contribution in [2.75, 3.05) is 14.1 Å². The summed E-state index contributed by atoms with van der Waals surface area (Å²) in [5, 5.41) is 0.203. The van der Waals surface area contributed by atoms with Gasteiger partial charge in [-0.05, 0) is 0 Å². The SMILES string of the molecule is CN(C)/C=N/S(=O)(=O)c1cc2cnc(C=O)cc2o1. The van der Waals surface area contributed by atoms with E-state index >= 15 is 0 Å². The molecule has 2 aromatic rings. The van der Waals surface area contributed by atoms with E-state index in [2.05, 4.69) is 9.38 Å². The standard InChI is InChI=1S/C11H11N3O4S/c1-14(2)7-13-19(16,17)11-3-8-5-12-9(6-15)4-10(8)18-11/h3-7H,1-2H3/b13-7+. The van der Waals surface area contributed by atoms with Gasteiger partial charge in [0.2, 0.25) is 5.09 Å². The Balaban J connectivity index is 2.49. The zero-order valence-electron chi connectivity index (χ0n) is 10.3. The van der Waals surface area contributed by atoms with E-state index in [1.165, 1.54) is 23.2 Å². The van der Waals surface area contributed by atoms with Crippen molar-refractivity contribution in [3.63, 3.8) is 0 Å². The molecule has 19 heavy (non-hydrogen) atoms. The van der Waals surface area contributed by atoms with Crippen LogP contribution in [0.3, 0.4) is 0 Å². The maximum atomic E-state index is 11.9. The average Bonchev–Trinajstić information content (AvgIpc) is 2.80. The lowest BCUT2D eigenvalue weighted by atomic mass is 10.3. The Morgan fingerprint density at radius 1 is 1.37 bits per heavy atom. The molecule has 0 aliphatic heterocycles. The molecule has 100 valence electrons. The highest BCUT2D eigenvalue weighted by molar-refractivity contribution is 7.90. The topological polar surface area (TPSA) is 92.8 Å². The van der Waals surface area contributed by atoms with Crippen LogP contribution in [0.2, 0.25) is 0 Å². The second-order valence-electron chi connectivity index (χ2n) is 3.99. The van der Waals surface area contributed by atoms with Crippen LogP contribution >= 0.6 is 0 Å². The summed E-state index contributed by atoms with van der Waals surface area (Å²) >= 11 is 0. The Morgan fingerprint density at radius 2 is 2.11 bits per heavy atom. The summed E-state index contributed by atoms with van der Waals surface area (Å²) in [7, 11) is -0.590. The number of furan rings is 1. The summed E-state index contributed by atoms with van der Waals surface area (Å²) in [4.78, 5) is 15.9. The molecule has 0 saturated heterocycles. The molecule has 0 fully saturated rings. The van der Waals surface area contributed by atoms with Crippen LogP contribution in [0.4, 0.5) is 0 Å². The van der Waals surface area contributed by atoms with E-state index < -0.39 is 10.0 Å². The fourth-order valence-electron chi connectivity index (χ4n) is 1.32. The molecule has 0 N–H and O–H groups in total. The van der Waals surface area contributed by atoms with Crippen molar-refractivity contribution in [2.45, 2.75) is 5.09 Å². The van der Waals surface area contributed by atoms with Crippen LogP contribution in [0.5, 0.6) is 0 Å². The van der Waals surface area contributed by atoms with Crippen molar-refractivity contribution in [3.8, 4) is 0 Å². The zero-order chi connectivity index (χ0) is 14.0. The van der Waals surface area contributed by atoms with Crippen LogP contribution in [0.1, 0.15) is 10.5 Å². The van der Waals surface area contributed by atoms with Crippen molar-refractivity contribution in [2.24, 2.45) is 4.40 Å². The predicted molar refractivity (Wildman–Crippen MR) is 68.8 cm³/mol. The number of sulfonamides is 1. The Labute approximate surface area is 109 Å². The van der Waals surface area contributed by atoms with Crippen LogP contribution in [0.25, 0.3) is 11.0 Å². The first kappa shape index (κ1) is 13.2. The number of hydrogen-bond acceptors (Lipinski definition) is 5. The number of hydrogen-bond donors (Lipinski definition) is 0. The molecule has 0 amide bonds. The first-order valence-electron chi connectivity index (χ1n) is 5.24. The molecule has 0 aromatic carbocycles. The largest absolute Gasteiger partial charge is 0.443 e. The average molecular weight is 281 g/mol. The highest BCUT2D eigenvalue weighted by Crippen LogP contribution is 2.23. The van der Waals surface area contributed by atoms with E-state index in [0.29, 0.717) is 11.7 Å². The van der Waals surface area contributed by atoms with Gasteiger partial charge < -0.3 is 9.32 Å². The number of carbonyl (C=O) groups is 1. The number of rotatable bonds is 4. The summed E-state index contributed by atoms with van der Waals surface area (Å²) in [5.41, 5.74) is 0.443. The quantitative estimate of drug-likeness (QED) is 0.470. The van der Waals surface area contributed by atoms with Crippen molar-refractivity contribution in [1.29, 1.82) is 0 Å². The minimum Gasteiger partial charge on any atom is -0.443 e. The summed E-state index contributed by atoms with van der Waals surface area (Å²) < 4.78 is 32.3. The van der Waals surface area contributed by atoms with Crippen molar-refractivity contribution >= 4 is 33.6 Å². The maximum absolute atomic E-state index is 11.9. The number of aldehydes is 1. The minimum absolute atomic E-state index is 0.169. The molecule has 0 radical (unpaired) electrons. The first-order valence-corrected chi connectivity index (χ1v) is 6.68. The van der Waals surface area contributed by atoms with Gasteiger partial charge in [-0.3, -0.25) is 9.78 Å². The fraction of sp³-hybridized carbons (Fsp3) is 0.182. The van der Waals surface area contributed by atoms with Crippen molar-refractivity contribution in [3.05, 3.63) is 24.0 Å². The Bertz CT molecular complexity index is 746. The van der Waals surface area contributed by atoms with E-state index in [0.717, 1.165) is 6.34 Å². The van der Waals surface area contributed by atoms with Gasteiger partial charge in [0.1, 0.15) is 17.6 Å². The lowest BCUT2D eigenvalue weighted by Crippen LogP contribution is -2.09. The van der Waals surface area contributed by atoms with Gasteiger partial charge in [0.15, 0.2) is 6.29 Å². The molecule has 0 unspecified atom stereocenters. The lowest BCUT2D eigenvalue weighted by molar-refractivity contribution is 0.111. The number of fused-ring (bicyclic) bond motifs is 1. The van der Waals surface area contributed by atoms with Gasteiger partial charge in [-0.1, -0.05) is 0 Å². The number of pyridine rings is 1. The molecule has 2 aromatic heterocycles. The van der Waals surface area contributed by atoms with E-state index in [9.17, 15) is 13.2 Å². The smallest absolute Gasteiger partial charge is 0.317 e. The van der Waals surface area contributed by atoms with Crippen LogP contribution < -0.4 is 0 Å². The van der Waals surface area contributed by atoms with Crippen LogP contribution in [0.15, 0.2) is 32.2 Å². The Morgan fingerprint density at radius 3 is 2.74 bits per heavy atom. The normalized spacial score (nSPS) is 12.1. The van der Waals surface area contributed by atoms with Gasteiger partial charge in [-0.2, -0.15) is 8.42 Å². The highest BCUT2D eigenvalue weighted by atomic mass is 32.2. The molecule has 8 heteroatoms. The number of aromatic nitrogens is 1. The van der Waals surface area contributed by atoms with E-state index in [4.69, 9.17) is 4.42 Å². The first-order chi connectivity index (χ1) is 8.92. The molecular weight excluding hydrogens is 270 g/mol. The summed E-state index contributed by atoms with van der Waals surface area (Å²) in [5.74, 6) is 0. The van der Waals surface area contributed by atoms with Crippen LogP contribution in [0, 0.1) is 0 Å².